The van der Waals surface area contributed by atoms with E-state index < -0.39 is 35.0 Å². The van der Waals surface area contributed by atoms with Crippen LogP contribution in [0.3, 0.4) is 0 Å². The lowest BCUT2D eigenvalue weighted by Gasteiger charge is -2.15. The summed E-state index contributed by atoms with van der Waals surface area (Å²) in [6, 6.07) is 2.71. The first-order chi connectivity index (χ1) is 11.6. The maximum Gasteiger partial charge on any atom is 0.325 e. The van der Waals surface area contributed by atoms with Crippen LogP contribution in [0.2, 0.25) is 0 Å². The number of carbonyl (C=O) groups excluding carboxylic acids is 3. The maximum atomic E-state index is 13.2. The molecule has 1 aliphatic heterocycles. The summed E-state index contributed by atoms with van der Waals surface area (Å²) in [4.78, 5) is 36.4. The Bertz CT molecular complexity index is 762. The number of hydrazone groups is 1. The molecular formula is C16H18F2N4O3. The molecule has 1 aromatic rings. The van der Waals surface area contributed by atoms with Crippen molar-refractivity contribution in [2.45, 2.75) is 32.7 Å². The highest BCUT2D eigenvalue weighted by Gasteiger charge is 2.43. The second kappa shape index (κ2) is 6.96. The van der Waals surface area contributed by atoms with Crippen molar-refractivity contribution in [3.63, 3.8) is 0 Å². The smallest absolute Gasteiger partial charge is 0.324 e. The summed E-state index contributed by atoms with van der Waals surface area (Å²) >= 11 is 0. The van der Waals surface area contributed by atoms with E-state index in [2.05, 4.69) is 15.8 Å². The van der Waals surface area contributed by atoms with Crippen LogP contribution < -0.4 is 10.7 Å². The van der Waals surface area contributed by atoms with Crippen LogP contribution in [0.1, 0.15) is 32.8 Å². The summed E-state index contributed by atoms with van der Waals surface area (Å²) in [5.74, 6) is -2.92. The molecule has 7 nitrogen and oxygen atoms in total. The molecule has 0 aliphatic carbocycles. The topological polar surface area (TPSA) is 90.9 Å². The van der Waals surface area contributed by atoms with Gasteiger partial charge in [-0.3, -0.25) is 14.5 Å². The van der Waals surface area contributed by atoms with E-state index in [9.17, 15) is 23.2 Å². The Balaban J connectivity index is 1.91. The van der Waals surface area contributed by atoms with Gasteiger partial charge in [0.1, 0.15) is 5.54 Å². The van der Waals surface area contributed by atoms with Gasteiger partial charge in [0.05, 0.1) is 5.71 Å². The number of nitrogens with zero attached hydrogens (tertiary/aromatic N) is 2. The fourth-order valence-electron chi connectivity index (χ4n) is 2.22. The van der Waals surface area contributed by atoms with Gasteiger partial charge in [-0.15, -0.1) is 0 Å². The minimum Gasteiger partial charge on any atom is -0.324 e. The van der Waals surface area contributed by atoms with Crippen molar-refractivity contribution in [2.24, 2.45) is 5.10 Å². The second-order valence-corrected chi connectivity index (χ2v) is 6.12. The maximum absolute atomic E-state index is 13.2. The molecule has 25 heavy (non-hydrogen) atoms. The summed E-state index contributed by atoms with van der Waals surface area (Å²) in [6.07, 6.45) is -0.135. The molecule has 9 heteroatoms. The molecule has 4 amide bonds. The van der Waals surface area contributed by atoms with Crippen LogP contribution in [0.25, 0.3) is 0 Å². The van der Waals surface area contributed by atoms with Crippen molar-refractivity contribution < 1.29 is 23.2 Å². The Morgan fingerprint density at radius 1 is 1.28 bits per heavy atom. The molecule has 0 spiro atoms. The molecule has 1 aliphatic rings. The van der Waals surface area contributed by atoms with Crippen molar-refractivity contribution in [1.82, 2.24) is 15.6 Å². The third-order valence-electron chi connectivity index (χ3n) is 3.69. The molecule has 0 bridgehead atoms. The zero-order valence-corrected chi connectivity index (χ0v) is 14.0. The van der Waals surface area contributed by atoms with Gasteiger partial charge < -0.3 is 5.32 Å². The minimum absolute atomic E-state index is 0.0837. The van der Waals surface area contributed by atoms with E-state index in [4.69, 9.17) is 0 Å². The number of hydrogen-bond donors (Lipinski definition) is 2. The predicted molar refractivity (Wildman–Crippen MR) is 85.7 cm³/mol. The molecule has 0 atom stereocenters. The van der Waals surface area contributed by atoms with Crippen LogP contribution in [0.4, 0.5) is 13.6 Å². The number of amides is 4. The van der Waals surface area contributed by atoms with Gasteiger partial charge in [0.15, 0.2) is 11.6 Å². The van der Waals surface area contributed by atoms with Crippen molar-refractivity contribution >= 4 is 23.6 Å². The van der Waals surface area contributed by atoms with Gasteiger partial charge in [-0.25, -0.2) is 19.0 Å². The summed E-state index contributed by atoms with van der Waals surface area (Å²) in [5, 5.41) is 6.31. The first kappa shape index (κ1) is 18.5. The van der Waals surface area contributed by atoms with Crippen LogP contribution in [0.15, 0.2) is 23.3 Å². The van der Waals surface area contributed by atoms with E-state index in [-0.39, 0.29) is 18.7 Å². The predicted octanol–water partition coefficient (Wildman–Crippen LogP) is 1.53. The molecule has 1 saturated heterocycles. The van der Waals surface area contributed by atoms with E-state index in [1.165, 1.54) is 13.0 Å². The van der Waals surface area contributed by atoms with Gasteiger partial charge in [-0.2, -0.15) is 5.10 Å². The minimum atomic E-state index is -1.01. The van der Waals surface area contributed by atoms with Gasteiger partial charge >= 0.3 is 6.03 Å². The quantitative estimate of drug-likeness (QED) is 0.478. The largest absolute Gasteiger partial charge is 0.325 e. The Hall–Kier alpha value is -2.84. The molecule has 2 N–H and O–H groups in total. The third-order valence-corrected chi connectivity index (χ3v) is 3.69. The molecule has 0 saturated carbocycles. The van der Waals surface area contributed by atoms with Crippen LogP contribution in [0, 0.1) is 11.6 Å². The fraction of sp³-hybridized carbons (Fsp3) is 0.375. The van der Waals surface area contributed by atoms with Gasteiger partial charge in [0, 0.05) is 18.5 Å². The highest BCUT2D eigenvalue weighted by molar-refractivity contribution is 6.06. The van der Waals surface area contributed by atoms with E-state index in [0.717, 1.165) is 17.0 Å². The van der Waals surface area contributed by atoms with Crippen LogP contribution in [0.5, 0.6) is 0 Å². The fourth-order valence-corrected chi connectivity index (χ4v) is 2.22. The zero-order chi connectivity index (χ0) is 18.8. The number of benzene rings is 1. The van der Waals surface area contributed by atoms with Crippen LogP contribution in [-0.4, -0.2) is 40.5 Å². The Morgan fingerprint density at radius 3 is 2.52 bits per heavy atom. The number of halogens is 2. The second-order valence-electron chi connectivity index (χ2n) is 6.12. The average Bonchev–Trinajstić information content (AvgIpc) is 2.73. The molecule has 1 fully saturated rings. The van der Waals surface area contributed by atoms with E-state index in [0.29, 0.717) is 5.56 Å². The lowest BCUT2D eigenvalue weighted by molar-refractivity contribution is -0.130. The number of hydrogen-bond acceptors (Lipinski definition) is 4. The monoisotopic (exact) mass is 352 g/mol. The molecule has 0 aromatic heterocycles. The van der Waals surface area contributed by atoms with E-state index in [1.54, 1.807) is 13.8 Å². The SMILES string of the molecule is C/C(=N/NC(=O)CCN1C(=O)NC(C)(C)C1=O)c1ccc(F)c(F)c1. The van der Waals surface area contributed by atoms with Gasteiger partial charge in [0.25, 0.3) is 5.91 Å². The molecule has 2 rings (SSSR count). The van der Waals surface area contributed by atoms with Crippen molar-refractivity contribution in [3.8, 4) is 0 Å². The number of rotatable bonds is 5. The summed E-state index contributed by atoms with van der Waals surface area (Å²) in [7, 11) is 0. The normalized spacial score (nSPS) is 16.8. The molecule has 0 unspecified atom stereocenters. The molecule has 0 radical (unpaired) electrons. The van der Waals surface area contributed by atoms with Gasteiger partial charge in [0.2, 0.25) is 5.91 Å². The van der Waals surface area contributed by atoms with Crippen molar-refractivity contribution in [2.75, 3.05) is 6.54 Å². The summed E-state index contributed by atoms with van der Waals surface area (Å²) < 4.78 is 26.1. The standard InChI is InChI=1S/C16H18F2N4O3/c1-9(10-4-5-11(17)12(18)8-10)20-21-13(23)6-7-22-14(24)16(2,3)19-15(22)25/h4-5,8H,6-7H2,1-3H3,(H,19,25)(H,21,23)/b20-9-. The van der Waals surface area contributed by atoms with E-state index >= 15 is 0 Å². The first-order valence-electron chi connectivity index (χ1n) is 7.54. The van der Waals surface area contributed by atoms with Crippen molar-refractivity contribution in [3.05, 3.63) is 35.4 Å². The first-order valence-corrected chi connectivity index (χ1v) is 7.54. The zero-order valence-electron chi connectivity index (χ0n) is 14.0. The number of imide groups is 1. The number of urea groups is 1. The number of nitrogens with one attached hydrogen (secondary N) is 2. The average molecular weight is 352 g/mol. The molecule has 1 aromatic carbocycles. The lowest BCUT2D eigenvalue weighted by Crippen LogP contribution is -2.40. The molecule has 134 valence electrons. The Morgan fingerprint density at radius 2 is 1.96 bits per heavy atom. The lowest BCUT2D eigenvalue weighted by atomic mass is 10.1. The molecular weight excluding hydrogens is 334 g/mol. The van der Waals surface area contributed by atoms with Crippen molar-refractivity contribution in [1.29, 1.82) is 0 Å². The highest BCUT2D eigenvalue weighted by Crippen LogP contribution is 2.16. The highest BCUT2D eigenvalue weighted by atomic mass is 19.2. The van der Waals surface area contributed by atoms with Crippen LogP contribution >= 0.6 is 0 Å². The molecule has 1 heterocycles. The summed E-state index contributed by atoms with van der Waals surface area (Å²) in [6.45, 7) is 4.58. The Kier molecular flexibility index (Phi) is 5.15. The Labute approximate surface area is 143 Å². The van der Waals surface area contributed by atoms with Crippen LogP contribution in [-0.2, 0) is 9.59 Å². The van der Waals surface area contributed by atoms with Gasteiger partial charge in [-0.1, -0.05) is 0 Å². The summed E-state index contributed by atoms with van der Waals surface area (Å²) in [5.41, 5.74) is 1.86. The van der Waals surface area contributed by atoms with E-state index in [1.807, 2.05) is 0 Å². The third kappa shape index (κ3) is 4.17. The number of carbonyl (C=O) groups is 3. The van der Waals surface area contributed by atoms with Gasteiger partial charge in [-0.05, 0) is 39.0 Å².